The maximum Gasteiger partial charge on any atom is 0.310 e. The fraction of sp³-hybridized carbons (Fsp3) is 0.567. The SMILES string of the molecule is C=CCCCOC(=O)[C@H]1[C@H]2C(=O)N([C@H](CO)c3ccccc3)C(C(=O)N(CC=C)C(C)(C)C)C23CC(Br)[C@@H]1S3. The second kappa shape index (κ2) is 11.8. The van der Waals surface area contributed by atoms with E-state index in [1.54, 1.807) is 33.7 Å². The van der Waals surface area contributed by atoms with Gasteiger partial charge in [0.1, 0.15) is 6.04 Å². The van der Waals surface area contributed by atoms with Crippen LogP contribution in [0.5, 0.6) is 0 Å². The molecule has 4 rings (SSSR count). The van der Waals surface area contributed by atoms with Gasteiger partial charge < -0.3 is 19.6 Å². The Bertz CT molecular complexity index is 1110. The molecule has 2 amide bonds. The quantitative estimate of drug-likeness (QED) is 0.170. The number of carbonyl (C=O) groups excluding carboxylic acids is 3. The predicted molar refractivity (Wildman–Crippen MR) is 157 cm³/mol. The third kappa shape index (κ3) is 5.22. The van der Waals surface area contributed by atoms with Crippen LogP contribution in [-0.4, -0.2) is 78.9 Å². The van der Waals surface area contributed by atoms with Crippen LogP contribution in [0.25, 0.3) is 0 Å². The van der Waals surface area contributed by atoms with Crippen molar-refractivity contribution in [3.8, 4) is 0 Å². The summed E-state index contributed by atoms with van der Waals surface area (Å²) in [4.78, 5) is 45.8. The minimum absolute atomic E-state index is 0.0562. The molecule has 7 atom stereocenters. The van der Waals surface area contributed by atoms with E-state index in [4.69, 9.17) is 4.74 Å². The third-order valence-electron chi connectivity index (χ3n) is 8.11. The normalized spacial score (nSPS) is 30.1. The van der Waals surface area contributed by atoms with Crippen LogP contribution in [0, 0.1) is 11.8 Å². The molecular weight excluding hydrogens is 580 g/mol. The zero-order valence-corrected chi connectivity index (χ0v) is 25.3. The molecule has 3 fully saturated rings. The number of carbonyl (C=O) groups is 3. The molecule has 0 aromatic heterocycles. The number of nitrogens with zero attached hydrogens (tertiary/aromatic N) is 2. The Kier molecular flexibility index (Phi) is 9.03. The maximum atomic E-state index is 14.6. The van der Waals surface area contributed by atoms with Gasteiger partial charge in [-0.3, -0.25) is 14.4 Å². The van der Waals surface area contributed by atoms with Crippen LogP contribution in [0.2, 0.25) is 0 Å². The smallest absolute Gasteiger partial charge is 0.310 e. The van der Waals surface area contributed by atoms with Gasteiger partial charge in [-0.1, -0.05) is 58.4 Å². The summed E-state index contributed by atoms with van der Waals surface area (Å²) in [5.74, 6) is -2.26. The van der Waals surface area contributed by atoms with Crippen LogP contribution >= 0.6 is 27.7 Å². The molecule has 1 aromatic rings. The second-order valence-corrected chi connectivity index (χ2v) is 14.2. The fourth-order valence-corrected chi connectivity index (χ4v) is 10.0. The number of allylic oxidation sites excluding steroid dienone is 1. The van der Waals surface area contributed by atoms with Crippen LogP contribution in [0.3, 0.4) is 0 Å². The van der Waals surface area contributed by atoms with Crippen molar-refractivity contribution in [2.45, 2.75) is 72.5 Å². The van der Waals surface area contributed by atoms with Crippen molar-refractivity contribution in [3.05, 3.63) is 61.2 Å². The van der Waals surface area contributed by atoms with Gasteiger partial charge in [-0.2, -0.15) is 0 Å². The topological polar surface area (TPSA) is 87.1 Å². The van der Waals surface area contributed by atoms with E-state index in [0.29, 0.717) is 19.4 Å². The van der Waals surface area contributed by atoms with E-state index in [-0.39, 0.29) is 35.1 Å². The van der Waals surface area contributed by atoms with Gasteiger partial charge in [-0.15, -0.1) is 24.9 Å². The number of esters is 1. The van der Waals surface area contributed by atoms with E-state index >= 15 is 0 Å². The molecule has 212 valence electrons. The van der Waals surface area contributed by atoms with Crippen LogP contribution < -0.4 is 0 Å². The van der Waals surface area contributed by atoms with Crippen molar-refractivity contribution in [3.63, 3.8) is 0 Å². The highest BCUT2D eigenvalue weighted by Gasteiger charge is 2.77. The van der Waals surface area contributed by atoms with Gasteiger partial charge in [-0.25, -0.2) is 0 Å². The Balaban J connectivity index is 1.81. The van der Waals surface area contributed by atoms with Gasteiger partial charge in [-0.05, 0) is 45.6 Å². The highest BCUT2D eigenvalue weighted by Crippen LogP contribution is 2.68. The van der Waals surface area contributed by atoms with Crippen LogP contribution in [0.4, 0.5) is 0 Å². The molecule has 0 aliphatic carbocycles. The third-order valence-corrected chi connectivity index (χ3v) is 11.3. The number of hydrogen-bond donors (Lipinski definition) is 1. The largest absolute Gasteiger partial charge is 0.465 e. The van der Waals surface area contributed by atoms with Crippen molar-refractivity contribution in [2.24, 2.45) is 11.8 Å². The number of ether oxygens (including phenoxy) is 1. The molecule has 1 N–H and O–H groups in total. The number of alkyl halides is 1. The lowest BCUT2D eigenvalue weighted by Gasteiger charge is -2.43. The first-order chi connectivity index (χ1) is 18.5. The lowest BCUT2D eigenvalue weighted by Crippen LogP contribution is -2.59. The highest BCUT2D eigenvalue weighted by atomic mass is 79.9. The van der Waals surface area contributed by atoms with Gasteiger partial charge in [0.2, 0.25) is 11.8 Å². The number of aliphatic hydroxyl groups is 1. The van der Waals surface area contributed by atoms with E-state index in [0.717, 1.165) is 12.0 Å². The Morgan fingerprint density at radius 2 is 1.97 bits per heavy atom. The second-order valence-electron chi connectivity index (χ2n) is 11.5. The molecular formula is C30H39BrN2O5S. The van der Waals surface area contributed by atoms with Crippen LogP contribution in [0.15, 0.2) is 55.6 Å². The minimum Gasteiger partial charge on any atom is -0.465 e. The molecule has 3 saturated heterocycles. The molecule has 0 radical (unpaired) electrons. The van der Waals surface area contributed by atoms with Gasteiger partial charge >= 0.3 is 5.97 Å². The lowest BCUT2D eigenvalue weighted by atomic mass is 9.71. The van der Waals surface area contributed by atoms with Crippen molar-refractivity contribution in [1.82, 2.24) is 9.80 Å². The maximum absolute atomic E-state index is 14.6. The number of hydrogen-bond acceptors (Lipinski definition) is 6. The fourth-order valence-electron chi connectivity index (χ4n) is 6.45. The molecule has 0 saturated carbocycles. The average Bonchev–Trinajstić information content (AvgIpc) is 3.49. The monoisotopic (exact) mass is 618 g/mol. The van der Waals surface area contributed by atoms with E-state index in [1.807, 2.05) is 51.1 Å². The number of unbranched alkanes of at least 4 members (excludes halogenated alkanes) is 1. The summed E-state index contributed by atoms with van der Waals surface area (Å²) in [6.45, 7) is 13.7. The summed E-state index contributed by atoms with van der Waals surface area (Å²) in [6.07, 6.45) is 5.43. The summed E-state index contributed by atoms with van der Waals surface area (Å²) in [7, 11) is 0. The average molecular weight is 620 g/mol. The van der Waals surface area contributed by atoms with Crippen molar-refractivity contribution >= 4 is 45.5 Å². The number of thioether (sulfide) groups is 1. The predicted octanol–water partition coefficient (Wildman–Crippen LogP) is 4.51. The number of halogens is 1. The number of rotatable bonds is 11. The van der Waals surface area contributed by atoms with Gasteiger partial charge in [0, 0.05) is 22.2 Å². The van der Waals surface area contributed by atoms with Crippen LogP contribution in [-0.2, 0) is 19.1 Å². The Labute approximate surface area is 244 Å². The van der Waals surface area contributed by atoms with E-state index in [2.05, 4.69) is 29.1 Å². The number of benzene rings is 1. The molecule has 3 heterocycles. The van der Waals surface area contributed by atoms with E-state index in [1.165, 1.54) is 0 Å². The van der Waals surface area contributed by atoms with Crippen molar-refractivity contribution < 1.29 is 24.2 Å². The minimum atomic E-state index is -0.861. The molecule has 1 aromatic carbocycles. The molecule has 3 unspecified atom stereocenters. The van der Waals surface area contributed by atoms with Gasteiger partial charge in [0.25, 0.3) is 0 Å². The zero-order valence-electron chi connectivity index (χ0n) is 22.9. The first-order valence-electron chi connectivity index (χ1n) is 13.5. The molecule has 1 spiro atoms. The highest BCUT2D eigenvalue weighted by molar-refractivity contribution is 9.09. The van der Waals surface area contributed by atoms with E-state index in [9.17, 15) is 19.5 Å². The lowest BCUT2D eigenvalue weighted by molar-refractivity contribution is -0.154. The molecule has 39 heavy (non-hydrogen) atoms. The van der Waals surface area contributed by atoms with Gasteiger partial charge in [0.15, 0.2) is 0 Å². The van der Waals surface area contributed by atoms with E-state index < -0.39 is 40.2 Å². The number of aliphatic hydroxyl groups excluding tert-OH is 1. The summed E-state index contributed by atoms with van der Waals surface area (Å²) < 4.78 is 4.85. The Hall–Kier alpha value is -2.10. The van der Waals surface area contributed by atoms with Crippen molar-refractivity contribution in [1.29, 1.82) is 0 Å². The van der Waals surface area contributed by atoms with Gasteiger partial charge in [0.05, 0.1) is 35.8 Å². The summed E-state index contributed by atoms with van der Waals surface area (Å²) in [6, 6.07) is 7.70. The zero-order chi connectivity index (χ0) is 28.5. The van der Waals surface area contributed by atoms with Crippen LogP contribution in [0.1, 0.15) is 51.6 Å². The first kappa shape index (κ1) is 29.9. The summed E-state index contributed by atoms with van der Waals surface area (Å²) in [5, 5.41) is 10.4. The summed E-state index contributed by atoms with van der Waals surface area (Å²) >= 11 is 5.36. The standard InChI is InChI=1S/C30H39BrN2O5S/c1-6-8-12-16-38-28(37)22-23-26(35)33(21(18-34)19-13-10-9-11-14-19)25(30(23)17-20(31)24(22)39-30)27(36)32(15-7-2)29(3,4)5/h6-7,9-11,13-14,20-25,34H,1-2,8,12,15-18H2,3-5H3/t20?,21-,22+,23+,24+,25?,30?/m1/s1. The number of likely N-dealkylation sites (tertiary alicyclic amines) is 1. The molecule has 7 nitrogen and oxygen atoms in total. The molecule has 3 aliphatic heterocycles. The summed E-state index contributed by atoms with van der Waals surface area (Å²) in [5.41, 5.74) is 0.210. The number of fused-ring (bicyclic) bond motifs is 1. The molecule has 3 aliphatic rings. The van der Waals surface area contributed by atoms with Crippen molar-refractivity contribution in [2.75, 3.05) is 19.8 Å². The first-order valence-corrected chi connectivity index (χ1v) is 15.3. The molecule has 9 heteroatoms. The Morgan fingerprint density at radius 1 is 1.28 bits per heavy atom. The number of amides is 2. The molecule has 2 bridgehead atoms. The Morgan fingerprint density at radius 3 is 2.56 bits per heavy atom.